The van der Waals surface area contributed by atoms with Gasteiger partial charge in [-0.25, -0.2) is 0 Å². The van der Waals surface area contributed by atoms with Gasteiger partial charge >= 0.3 is 0 Å². The van der Waals surface area contributed by atoms with E-state index in [0.717, 1.165) is 32.2 Å². The molecule has 0 atom stereocenters. The summed E-state index contributed by atoms with van der Waals surface area (Å²) in [6, 6.07) is 0. The summed E-state index contributed by atoms with van der Waals surface area (Å²) in [5.74, 6) is 0.828. The predicted octanol–water partition coefficient (Wildman–Crippen LogP) is 0.744. The highest BCUT2D eigenvalue weighted by molar-refractivity contribution is 4.87. The first-order chi connectivity index (χ1) is 8.24. The summed E-state index contributed by atoms with van der Waals surface area (Å²) < 4.78 is 10.6. The molecule has 4 nitrogen and oxygen atoms in total. The number of hydrogen-bond acceptors (Lipinski definition) is 4. The predicted molar refractivity (Wildman–Crippen MR) is 66.0 cm³/mol. The fourth-order valence-electron chi connectivity index (χ4n) is 2.71. The van der Waals surface area contributed by atoms with Gasteiger partial charge in [-0.15, -0.1) is 0 Å². The number of ether oxygens (including phenoxy) is 2. The van der Waals surface area contributed by atoms with Crippen molar-refractivity contribution in [1.29, 1.82) is 0 Å². The minimum absolute atomic E-state index is 0.0183. The van der Waals surface area contributed by atoms with Crippen LogP contribution in [0.1, 0.15) is 19.3 Å². The van der Waals surface area contributed by atoms with Crippen LogP contribution in [0.15, 0.2) is 0 Å². The lowest BCUT2D eigenvalue weighted by atomic mass is 9.86. The second kappa shape index (κ2) is 6.14. The monoisotopic (exact) mass is 243 g/mol. The zero-order valence-electron chi connectivity index (χ0n) is 10.9. The Labute approximate surface area is 104 Å². The highest BCUT2D eigenvalue weighted by atomic mass is 16.5. The first kappa shape index (κ1) is 13.3. The molecule has 0 aromatic rings. The molecule has 0 aliphatic carbocycles. The van der Waals surface area contributed by atoms with Gasteiger partial charge in [0.25, 0.3) is 0 Å². The maximum Gasteiger partial charge on any atom is 0.0579 e. The third-order valence-electron chi connectivity index (χ3n) is 4.02. The third kappa shape index (κ3) is 3.65. The van der Waals surface area contributed by atoms with Crippen LogP contribution in [-0.2, 0) is 9.47 Å². The van der Waals surface area contributed by atoms with Gasteiger partial charge in [-0.1, -0.05) is 0 Å². The molecule has 0 spiro atoms. The fraction of sp³-hybridized carbons (Fsp3) is 1.00. The molecule has 2 saturated heterocycles. The van der Waals surface area contributed by atoms with Crippen LogP contribution in [0.4, 0.5) is 0 Å². The van der Waals surface area contributed by atoms with Crippen molar-refractivity contribution in [3.05, 3.63) is 0 Å². The fourth-order valence-corrected chi connectivity index (χ4v) is 2.71. The molecule has 17 heavy (non-hydrogen) atoms. The minimum Gasteiger partial charge on any atom is -0.396 e. The standard InChI is InChI=1S/C13H25NO3/c1-14(8-13(9-15)10-17-11-13)5-2-12-3-6-16-7-4-12/h12,15H,2-11H2,1H3. The summed E-state index contributed by atoms with van der Waals surface area (Å²) in [6.07, 6.45) is 3.67. The molecule has 2 rings (SSSR count). The van der Waals surface area contributed by atoms with Gasteiger partial charge in [-0.3, -0.25) is 0 Å². The van der Waals surface area contributed by atoms with Crippen LogP contribution in [-0.4, -0.2) is 63.2 Å². The van der Waals surface area contributed by atoms with E-state index in [-0.39, 0.29) is 12.0 Å². The average Bonchev–Trinajstić information content (AvgIpc) is 2.33. The SMILES string of the molecule is CN(CCC1CCOCC1)CC1(CO)COC1. The van der Waals surface area contributed by atoms with E-state index in [9.17, 15) is 5.11 Å². The maximum atomic E-state index is 9.38. The van der Waals surface area contributed by atoms with E-state index in [1.807, 2.05) is 0 Å². The third-order valence-corrected chi connectivity index (χ3v) is 4.02. The van der Waals surface area contributed by atoms with Crippen molar-refractivity contribution < 1.29 is 14.6 Å². The number of aliphatic hydroxyl groups excluding tert-OH is 1. The van der Waals surface area contributed by atoms with Gasteiger partial charge < -0.3 is 19.5 Å². The Kier molecular flexibility index (Phi) is 4.79. The summed E-state index contributed by atoms with van der Waals surface area (Å²) in [5, 5.41) is 9.38. The number of rotatable bonds is 6. The molecule has 4 heteroatoms. The minimum atomic E-state index is 0.0183. The van der Waals surface area contributed by atoms with Crippen molar-refractivity contribution in [3.63, 3.8) is 0 Å². The Morgan fingerprint density at radius 1 is 1.24 bits per heavy atom. The van der Waals surface area contributed by atoms with E-state index in [1.165, 1.54) is 19.3 Å². The molecule has 1 N–H and O–H groups in total. The molecule has 0 aromatic carbocycles. The van der Waals surface area contributed by atoms with Crippen molar-refractivity contribution in [2.75, 3.05) is 53.2 Å². The van der Waals surface area contributed by atoms with Gasteiger partial charge in [-0.05, 0) is 38.8 Å². The van der Waals surface area contributed by atoms with Crippen LogP contribution in [0.3, 0.4) is 0 Å². The van der Waals surface area contributed by atoms with Crippen LogP contribution in [0.5, 0.6) is 0 Å². The van der Waals surface area contributed by atoms with Crippen LogP contribution in [0.25, 0.3) is 0 Å². The second-order valence-electron chi connectivity index (χ2n) is 5.73. The first-order valence-corrected chi connectivity index (χ1v) is 6.69. The highest BCUT2D eigenvalue weighted by Crippen LogP contribution is 2.28. The summed E-state index contributed by atoms with van der Waals surface area (Å²) in [6.45, 7) is 5.61. The quantitative estimate of drug-likeness (QED) is 0.747. The second-order valence-corrected chi connectivity index (χ2v) is 5.73. The topological polar surface area (TPSA) is 41.9 Å². The van der Waals surface area contributed by atoms with Gasteiger partial charge in [0.15, 0.2) is 0 Å². The van der Waals surface area contributed by atoms with Gasteiger partial charge in [0.05, 0.1) is 25.2 Å². The van der Waals surface area contributed by atoms with Crippen LogP contribution >= 0.6 is 0 Å². The molecule has 2 aliphatic heterocycles. The van der Waals surface area contributed by atoms with E-state index in [4.69, 9.17) is 9.47 Å². The lowest BCUT2D eigenvalue weighted by Gasteiger charge is -2.42. The molecule has 2 heterocycles. The Hall–Kier alpha value is -0.160. The smallest absolute Gasteiger partial charge is 0.0579 e. The van der Waals surface area contributed by atoms with Crippen molar-refractivity contribution in [3.8, 4) is 0 Å². The maximum absolute atomic E-state index is 9.38. The van der Waals surface area contributed by atoms with E-state index < -0.39 is 0 Å². The average molecular weight is 243 g/mol. The summed E-state index contributed by atoms with van der Waals surface area (Å²) in [5.41, 5.74) is 0.0183. The zero-order valence-corrected chi connectivity index (χ0v) is 10.9. The van der Waals surface area contributed by atoms with E-state index >= 15 is 0 Å². The molecule has 0 unspecified atom stereocenters. The largest absolute Gasteiger partial charge is 0.396 e. The van der Waals surface area contributed by atoms with Gasteiger partial charge in [0.2, 0.25) is 0 Å². The number of hydrogen-bond donors (Lipinski definition) is 1. The Morgan fingerprint density at radius 3 is 2.47 bits per heavy atom. The molecule has 0 saturated carbocycles. The summed E-state index contributed by atoms with van der Waals surface area (Å²) in [4.78, 5) is 2.34. The van der Waals surface area contributed by atoms with Crippen molar-refractivity contribution >= 4 is 0 Å². The highest BCUT2D eigenvalue weighted by Gasteiger charge is 2.38. The van der Waals surface area contributed by atoms with Gasteiger partial charge in [0, 0.05) is 19.8 Å². The molecule has 100 valence electrons. The Bertz CT molecular complexity index is 219. The molecule has 0 amide bonds. The van der Waals surface area contributed by atoms with Crippen LogP contribution in [0.2, 0.25) is 0 Å². The van der Waals surface area contributed by atoms with Crippen LogP contribution < -0.4 is 0 Å². The van der Waals surface area contributed by atoms with Crippen LogP contribution in [0, 0.1) is 11.3 Å². The molecule has 0 radical (unpaired) electrons. The van der Waals surface area contributed by atoms with E-state index in [2.05, 4.69) is 11.9 Å². The first-order valence-electron chi connectivity index (χ1n) is 6.69. The van der Waals surface area contributed by atoms with Crippen molar-refractivity contribution in [1.82, 2.24) is 4.90 Å². The van der Waals surface area contributed by atoms with Crippen molar-refractivity contribution in [2.45, 2.75) is 19.3 Å². The molecular formula is C13H25NO3. The Balaban J connectivity index is 1.64. The van der Waals surface area contributed by atoms with E-state index in [0.29, 0.717) is 13.2 Å². The lowest BCUT2D eigenvalue weighted by molar-refractivity contribution is -0.146. The summed E-state index contributed by atoms with van der Waals surface area (Å²) in [7, 11) is 2.15. The molecule has 0 bridgehead atoms. The Morgan fingerprint density at radius 2 is 1.94 bits per heavy atom. The molecule has 2 fully saturated rings. The number of aliphatic hydroxyl groups is 1. The normalized spacial score (nSPS) is 24.9. The number of nitrogens with zero attached hydrogens (tertiary/aromatic N) is 1. The van der Waals surface area contributed by atoms with Gasteiger partial charge in [-0.2, -0.15) is 0 Å². The summed E-state index contributed by atoms with van der Waals surface area (Å²) >= 11 is 0. The van der Waals surface area contributed by atoms with E-state index in [1.54, 1.807) is 0 Å². The lowest BCUT2D eigenvalue weighted by Crippen LogP contribution is -2.52. The molecule has 0 aromatic heterocycles. The van der Waals surface area contributed by atoms with Crippen molar-refractivity contribution in [2.24, 2.45) is 11.3 Å². The zero-order chi connectivity index (χ0) is 12.1. The van der Waals surface area contributed by atoms with Gasteiger partial charge in [0.1, 0.15) is 0 Å². The molecule has 2 aliphatic rings. The molecular weight excluding hydrogens is 218 g/mol.